The molecule has 0 unspecified atom stereocenters. The maximum atomic E-state index is 11.7. The van der Waals surface area contributed by atoms with Crippen LogP contribution in [0.2, 0.25) is 0 Å². The van der Waals surface area contributed by atoms with Gasteiger partial charge in [-0.1, -0.05) is 31.5 Å². The number of amides is 1. The Morgan fingerprint density at radius 2 is 2.11 bits per heavy atom. The van der Waals surface area contributed by atoms with Gasteiger partial charge in [0, 0.05) is 11.4 Å². The summed E-state index contributed by atoms with van der Waals surface area (Å²) in [4.78, 5) is 11.7. The minimum Gasteiger partial charge on any atom is -0.376 e. The first-order chi connectivity index (χ1) is 9.25. The van der Waals surface area contributed by atoms with Gasteiger partial charge in [-0.05, 0) is 37.3 Å². The standard InChI is InChI=1S/C15H21N3O/c1-12-7-5-6-10-14(12)17-18-15(19)11-16-13-8-3-2-4-9-13/h2-4,8-9,12,16H,5-7,10-11H2,1H3,(H,18,19)/b17-14-/t12-/m1/s1. The van der Waals surface area contributed by atoms with Gasteiger partial charge in [0.05, 0.1) is 6.54 Å². The Balaban J connectivity index is 1.77. The molecule has 0 bridgehead atoms. The van der Waals surface area contributed by atoms with Crippen LogP contribution in [0.5, 0.6) is 0 Å². The second-order valence-corrected chi connectivity index (χ2v) is 5.00. The molecule has 1 aliphatic rings. The number of nitrogens with zero attached hydrogens (tertiary/aromatic N) is 1. The molecule has 1 saturated carbocycles. The van der Waals surface area contributed by atoms with E-state index in [0.29, 0.717) is 5.92 Å². The van der Waals surface area contributed by atoms with Gasteiger partial charge in [-0.25, -0.2) is 5.43 Å². The third-order valence-corrected chi connectivity index (χ3v) is 3.44. The van der Waals surface area contributed by atoms with Crippen molar-refractivity contribution in [3.8, 4) is 0 Å². The molecule has 0 aromatic heterocycles. The summed E-state index contributed by atoms with van der Waals surface area (Å²) < 4.78 is 0. The van der Waals surface area contributed by atoms with E-state index >= 15 is 0 Å². The second-order valence-electron chi connectivity index (χ2n) is 5.00. The fourth-order valence-electron chi connectivity index (χ4n) is 2.25. The number of carbonyl (C=O) groups excluding carboxylic acids is 1. The van der Waals surface area contributed by atoms with Crippen molar-refractivity contribution in [2.45, 2.75) is 32.6 Å². The topological polar surface area (TPSA) is 53.5 Å². The Labute approximate surface area is 114 Å². The Morgan fingerprint density at radius 1 is 1.32 bits per heavy atom. The molecule has 4 heteroatoms. The molecule has 1 aliphatic carbocycles. The van der Waals surface area contributed by atoms with Crippen LogP contribution in [-0.4, -0.2) is 18.2 Å². The Kier molecular flexibility index (Phi) is 4.95. The molecule has 1 amide bonds. The molecule has 0 saturated heterocycles. The molecule has 1 fully saturated rings. The molecule has 19 heavy (non-hydrogen) atoms. The molecular formula is C15H21N3O. The van der Waals surface area contributed by atoms with Gasteiger partial charge in [-0.2, -0.15) is 5.10 Å². The first-order valence-electron chi connectivity index (χ1n) is 6.90. The highest BCUT2D eigenvalue weighted by molar-refractivity contribution is 5.89. The van der Waals surface area contributed by atoms with E-state index in [2.05, 4.69) is 22.8 Å². The average Bonchev–Trinajstić information content (AvgIpc) is 2.45. The summed E-state index contributed by atoms with van der Waals surface area (Å²) >= 11 is 0. The number of rotatable bonds is 4. The first-order valence-corrected chi connectivity index (χ1v) is 6.90. The monoisotopic (exact) mass is 259 g/mol. The summed E-state index contributed by atoms with van der Waals surface area (Å²) in [6.45, 7) is 2.42. The van der Waals surface area contributed by atoms with E-state index in [0.717, 1.165) is 17.8 Å². The number of benzene rings is 1. The lowest BCUT2D eigenvalue weighted by atomic mass is 9.89. The maximum Gasteiger partial charge on any atom is 0.259 e. The van der Waals surface area contributed by atoms with Crippen molar-refractivity contribution in [3.63, 3.8) is 0 Å². The third-order valence-electron chi connectivity index (χ3n) is 3.44. The predicted octanol–water partition coefficient (Wildman–Crippen LogP) is 2.78. The van der Waals surface area contributed by atoms with Crippen molar-refractivity contribution in [2.75, 3.05) is 11.9 Å². The Morgan fingerprint density at radius 3 is 2.84 bits per heavy atom. The van der Waals surface area contributed by atoms with E-state index < -0.39 is 0 Å². The molecule has 2 N–H and O–H groups in total. The number of carbonyl (C=O) groups is 1. The van der Waals surface area contributed by atoms with Gasteiger partial charge < -0.3 is 5.32 Å². The predicted molar refractivity (Wildman–Crippen MR) is 78.1 cm³/mol. The number of nitrogens with one attached hydrogen (secondary N) is 2. The molecule has 0 spiro atoms. The number of hydrogen-bond donors (Lipinski definition) is 2. The summed E-state index contributed by atoms with van der Waals surface area (Å²) in [5, 5.41) is 7.32. The van der Waals surface area contributed by atoms with Crippen LogP contribution in [-0.2, 0) is 4.79 Å². The molecule has 0 heterocycles. The largest absolute Gasteiger partial charge is 0.376 e. The van der Waals surface area contributed by atoms with Crippen LogP contribution >= 0.6 is 0 Å². The van der Waals surface area contributed by atoms with E-state index in [9.17, 15) is 4.79 Å². The van der Waals surface area contributed by atoms with Crippen LogP contribution in [0, 0.1) is 5.92 Å². The molecule has 1 aromatic carbocycles. The summed E-state index contributed by atoms with van der Waals surface area (Å²) in [6.07, 6.45) is 4.63. The zero-order valence-electron chi connectivity index (χ0n) is 11.4. The summed E-state index contributed by atoms with van der Waals surface area (Å²) in [6, 6.07) is 9.68. The van der Waals surface area contributed by atoms with E-state index in [1.807, 2.05) is 30.3 Å². The fourth-order valence-corrected chi connectivity index (χ4v) is 2.25. The highest BCUT2D eigenvalue weighted by Crippen LogP contribution is 2.20. The van der Waals surface area contributed by atoms with Gasteiger partial charge in [0.15, 0.2) is 0 Å². The highest BCUT2D eigenvalue weighted by Gasteiger charge is 2.15. The molecular weight excluding hydrogens is 238 g/mol. The molecule has 1 aromatic rings. The van der Waals surface area contributed by atoms with Gasteiger partial charge in [0.1, 0.15) is 0 Å². The molecule has 0 aliphatic heterocycles. The molecule has 4 nitrogen and oxygen atoms in total. The number of para-hydroxylation sites is 1. The van der Waals surface area contributed by atoms with Gasteiger partial charge in [0.2, 0.25) is 0 Å². The number of hydrogen-bond acceptors (Lipinski definition) is 3. The minimum atomic E-state index is -0.103. The van der Waals surface area contributed by atoms with Gasteiger partial charge in [-0.15, -0.1) is 0 Å². The smallest absolute Gasteiger partial charge is 0.259 e. The Hall–Kier alpha value is -1.84. The van der Waals surface area contributed by atoms with Crippen LogP contribution in [0.15, 0.2) is 35.4 Å². The summed E-state index contributed by atoms with van der Waals surface area (Å²) in [5.41, 5.74) is 4.70. The van der Waals surface area contributed by atoms with E-state index in [1.54, 1.807) is 0 Å². The fraction of sp³-hybridized carbons (Fsp3) is 0.467. The van der Waals surface area contributed by atoms with Crippen molar-refractivity contribution < 1.29 is 4.79 Å². The van der Waals surface area contributed by atoms with Crippen LogP contribution in [0.3, 0.4) is 0 Å². The van der Waals surface area contributed by atoms with Crippen molar-refractivity contribution in [1.82, 2.24) is 5.43 Å². The van der Waals surface area contributed by atoms with Crippen molar-refractivity contribution in [2.24, 2.45) is 11.0 Å². The maximum absolute atomic E-state index is 11.7. The first kappa shape index (κ1) is 13.6. The third kappa shape index (κ3) is 4.39. The van der Waals surface area contributed by atoms with Gasteiger partial charge >= 0.3 is 0 Å². The Bertz CT molecular complexity index is 442. The van der Waals surface area contributed by atoms with Gasteiger partial charge in [0.25, 0.3) is 5.91 Å². The number of anilines is 1. The lowest BCUT2D eigenvalue weighted by molar-refractivity contribution is -0.119. The van der Waals surface area contributed by atoms with Crippen LogP contribution in [0.4, 0.5) is 5.69 Å². The van der Waals surface area contributed by atoms with E-state index in [1.165, 1.54) is 19.3 Å². The lowest BCUT2D eigenvalue weighted by Gasteiger charge is -2.19. The summed E-state index contributed by atoms with van der Waals surface area (Å²) in [5.74, 6) is 0.394. The second kappa shape index (κ2) is 6.92. The molecule has 0 radical (unpaired) electrons. The lowest BCUT2D eigenvalue weighted by Crippen LogP contribution is -2.28. The zero-order chi connectivity index (χ0) is 13.5. The highest BCUT2D eigenvalue weighted by atomic mass is 16.2. The van der Waals surface area contributed by atoms with Crippen molar-refractivity contribution >= 4 is 17.3 Å². The van der Waals surface area contributed by atoms with Crippen molar-refractivity contribution in [1.29, 1.82) is 0 Å². The van der Waals surface area contributed by atoms with Crippen molar-refractivity contribution in [3.05, 3.63) is 30.3 Å². The summed E-state index contributed by atoms with van der Waals surface area (Å²) in [7, 11) is 0. The SMILES string of the molecule is C[C@@H]1CCCC/C1=N/NC(=O)CNc1ccccc1. The molecule has 1 atom stereocenters. The van der Waals surface area contributed by atoms with E-state index in [4.69, 9.17) is 0 Å². The van der Waals surface area contributed by atoms with Crippen LogP contribution < -0.4 is 10.7 Å². The van der Waals surface area contributed by atoms with Crippen LogP contribution in [0.25, 0.3) is 0 Å². The molecule has 102 valence electrons. The quantitative estimate of drug-likeness (QED) is 0.817. The number of hydrazone groups is 1. The molecule has 2 rings (SSSR count). The minimum absolute atomic E-state index is 0.103. The zero-order valence-corrected chi connectivity index (χ0v) is 11.4. The van der Waals surface area contributed by atoms with E-state index in [-0.39, 0.29) is 12.5 Å². The van der Waals surface area contributed by atoms with Crippen LogP contribution in [0.1, 0.15) is 32.6 Å². The average molecular weight is 259 g/mol. The van der Waals surface area contributed by atoms with Gasteiger partial charge in [-0.3, -0.25) is 4.79 Å². The normalized spacial score (nSPS) is 21.1.